The van der Waals surface area contributed by atoms with E-state index in [9.17, 15) is 0 Å². The third kappa shape index (κ3) is 5.51. The van der Waals surface area contributed by atoms with Crippen molar-refractivity contribution in [3.05, 3.63) is 71.8 Å². The third-order valence-electron chi connectivity index (χ3n) is 4.48. The molecule has 0 unspecified atom stereocenters. The van der Waals surface area contributed by atoms with Crippen LogP contribution in [0.3, 0.4) is 0 Å². The predicted octanol–water partition coefficient (Wildman–Crippen LogP) is 3.33. The van der Waals surface area contributed by atoms with E-state index in [1.165, 1.54) is 11.3 Å². The standard InChI is InChI=1S/C22H28N4O/c1-3-23-22(25-17-19-7-6-8-21(15-19)27-2)24-16-18-9-11-20(12-10-18)26-13-4-5-14-26/h4-12,15H,3,13-14,16-17H2,1-2H3,(H2,23,24,25). The van der Waals surface area contributed by atoms with E-state index in [2.05, 4.69) is 69.9 Å². The van der Waals surface area contributed by atoms with Crippen molar-refractivity contribution in [3.63, 3.8) is 0 Å². The summed E-state index contributed by atoms with van der Waals surface area (Å²) in [5.74, 6) is 1.67. The van der Waals surface area contributed by atoms with Crippen molar-refractivity contribution in [2.45, 2.75) is 20.0 Å². The molecule has 27 heavy (non-hydrogen) atoms. The molecule has 1 aliphatic heterocycles. The van der Waals surface area contributed by atoms with Gasteiger partial charge in [-0.25, -0.2) is 4.99 Å². The van der Waals surface area contributed by atoms with Gasteiger partial charge in [0.15, 0.2) is 5.96 Å². The molecular weight excluding hydrogens is 336 g/mol. The highest BCUT2D eigenvalue weighted by Gasteiger charge is 2.07. The summed E-state index contributed by atoms with van der Waals surface area (Å²) in [5.41, 5.74) is 3.62. The number of methoxy groups -OCH3 is 1. The molecule has 0 aliphatic carbocycles. The van der Waals surface area contributed by atoms with Gasteiger partial charge in [-0.05, 0) is 42.3 Å². The van der Waals surface area contributed by atoms with Gasteiger partial charge in [0, 0.05) is 31.9 Å². The fourth-order valence-corrected chi connectivity index (χ4v) is 2.98. The molecule has 142 valence electrons. The molecule has 0 radical (unpaired) electrons. The number of anilines is 1. The Morgan fingerprint density at radius 1 is 1.04 bits per heavy atom. The van der Waals surface area contributed by atoms with Crippen molar-refractivity contribution < 1.29 is 4.74 Å². The van der Waals surface area contributed by atoms with E-state index in [4.69, 9.17) is 4.74 Å². The van der Waals surface area contributed by atoms with Crippen LogP contribution in [0.2, 0.25) is 0 Å². The average Bonchev–Trinajstić information content (AvgIpc) is 3.25. The third-order valence-corrected chi connectivity index (χ3v) is 4.48. The highest BCUT2D eigenvalue weighted by molar-refractivity contribution is 5.79. The summed E-state index contributed by atoms with van der Waals surface area (Å²) in [7, 11) is 1.68. The number of rotatable bonds is 7. The molecule has 1 aliphatic rings. The number of ether oxygens (including phenoxy) is 1. The summed E-state index contributed by atoms with van der Waals surface area (Å²) in [5, 5.41) is 6.71. The highest BCUT2D eigenvalue weighted by Crippen LogP contribution is 2.17. The van der Waals surface area contributed by atoms with Crippen LogP contribution < -0.4 is 20.3 Å². The van der Waals surface area contributed by atoms with Crippen molar-refractivity contribution >= 4 is 11.6 Å². The Labute approximate surface area is 161 Å². The van der Waals surface area contributed by atoms with Gasteiger partial charge in [-0.2, -0.15) is 0 Å². The molecule has 1 heterocycles. The van der Waals surface area contributed by atoms with E-state index in [0.29, 0.717) is 6.54 Å². The van der Waals surface area contributed by atoms with Gasteiger partial charge in [0.2, 0.25) is 0 Å². The predicted molar refractivity (Wildman–Crippen MR) is 112 cm³/mol. The second-order valence-electron chi connectivity index (χ2n) is 6.44. The molecule has 0 amide bonds. The van der Waals surface area contributed by atoms with Crippen LogP contribution in [0.1, 0.15) is 18.1 Å². The number of aliphatic imine (C=N–C) groups is 1. The summed E-state index contributed by atoms with van der Waals surface area (Å²) in [6.07, 6.45) is 4.41. The van der Waals surface area contributed by atoms with E-state index >= 15 is 0 Å². The maximum absolute atomic E-state index is 5.27. The van der Waals surface area contributed by atoms with Gasteiger partial charge >= 0.3 is 0 Å². The SMILES string of the molecule is CCNC(=NCc1cccc(OC)c1)NCc1ccc(N2CC=CC2)cc1. The van der Waals surface area contributed by atoms with Crippen molar-refractivity contribution in [2.75, 3.05) is 31.6 Å². The number of guanidine groups is 1. The average molecular weight is 364 g/mol. The molecule has 0 bridgehead atoms. The summed E-state index contributed by atoms with van der Waals surface area (Å²) < 4.78 is 5.27. The normalized spacial score (nSPS) is 13.7. The van der Waals surface area contributed by atoms with Gasteiger partial charge in [0.05, 0.1) is 13.7 Å². The maximum Gasteiger partial charge on any atom is 0.191 e. The van der Waals surface area contributed by atoms with Crippen LogP contribution in [-0.2, 0) is 13.1 Å². The van der Waals surface area contributed by atoms with Crippen molar-refractivity contribution in [1.82, 2.24) is 10.6 Å². The Balaban J connectivity index is 1.57. The van der Waals surface area contributed by atoms with Crippen LogP contribution in [0, 0.1) is 0 Å². The lowest BCUT2D eigenvalue weighted by Crippen LogP contribution is -2.36. The quantitative estimate of drug-likeness (QED) is 0.449. The molecular formula is C22H28N4O. The van der Waals surface area contributed by atoms with E-state index in [1.54, 1.807) is 7.11 Å². The van der Waals surface area contributed by atoms with E-state index in [0.717, 1.165) is 43.5 Å². The molecule has 3 rings (SSSR count). The lowest BCUT2D eigenvalue weighted by atomic mass is 10.2. The van der Waals surface area contributed by atoms with Crippen LogP contribution in [0.4, 0.5) is 5.69 Å². The molecule has 0 atom stereocenters. The molecule has 5 nitrogen and oxygen atoms in total. The van der Waals surface area contributed by atoms with Gasteiger partial charge in [-0.3, -0.25) is 0 Å². The largest absolute Gasteiger partial charge is 0.497 e. The van der Waals surface area contributed by atoms with Gasteiger partial charge < -0.3 is 20.3 Å². The van der Waals surface area contributed by atoms with Gasteiger partial charge in [0.25, 0.3) is 0 Å². The van der Waals surface area contributed by atoms with Gasteiger partial charge in [-0.1, -0.05) is 36.4 Å². The summed E-state index contributed by atoms with van der Waals surface area (Å²) >= 11 is 0. The second kappa shape index (κ2) is 9.67. The Hall–Kier alpha value is -2.95. The van der Waals surface area contributed by atoms with Gasteiger partial charge in [-0.15, -0.1) is 0 Å². The van der Waals surface area contributed by atoms with Crippen LogP contribution in [0.15, 0.2) is 65.7 Å². The van der Waals surface area contributed by atoms with Gasteiger partial charge in [0.1, 0.15) is 5.75 Å². The van der Waals surface area contributed by atoms with Crippen molar-refractivity contribution in [1.29, 1.82) is 0 Å². The molecule has 5 heteroatoms. The molecule has 0 spiro atoms. The highest BCUT2D eigenvalue weighted by atomic mass is 16.5. The lowest BCUT2D eigenvalue weighted by molar-refractivity contribution is 0.414. The zero-order valence-electron chi connectivity index (χ0n) is 16.1. The fraction of sp³-hybridized carbons (Fsp3) is 0.318. The van der Waals surface area contributed by atoms with E-state index in [-0.39, 0.29) is 0 Å². The van der Waals surface area contributed by atoms with Crippen LogP contribution in [-0.4, -0.2) is 32.7 Å². The molecule has 2 N–H and O–H groups in total. The number of benzene rings is 2. The van der Waals surface area contributed by atoms with Crippen molar-refractivity contribution in [2.24, 2.45) is 4.99 Å². The topological polar surface area (TPSA) is 48.9 Å². The Kier molecular flexibility index (Phi) is 6.74. The number of hydrogen-bond acceptors (Lipinski definition) is 3. The lowest BCUT2D eigenvalue weighted by Gasteiger charge is -2.18. The first-order chi connectivity index (χ1) is 13.3. The Morgan fingerprint density at radius 3 is 2.52 bits per heavy atom. The second-order valence-corrected chi connectivity index (χ2v) is 6.44. The number of nitrogens with one attached hydrogen (secondary N) is 2. The summed E-state index contributed by atoms with van der Waals surface area (Å²) in [6.45, 7) is 6.24. The molecule has 0 aromatic heterocycles. The van der Waals surface area contributed by atoms with Crippen LogP contribution >= 0.6 is 0 Å². The molecule has 0 saturated heterocycles. The Bertz CT molecular complexity index is 775. The fourth-order valence-electron chi connectivity index (χ4n) is 2.98. The molecule has 2 aromatic carbocycles. The summed E-state index contributed by atoms with van der Waals surface area (Å²) in [4.78, 5) is 7.02. The molecule has 2 aromatic rings. The monoisotopic (exact) mass is 364 g/mol. The first kappa shape index (κ1) is 18.8. The first-order valence-corrected chi connectivity index (χ1v) is 9.42. The minimum atomic E-state index is 0.605. The molecule has 0 fully saturated rings. The summed E-state index contributed by atoms with van der Waals surface area (Å²) in [6, 6.07) is 16.7. The zero-order valence-corrected chi connectivity index (χ0v) is 16.1. The van der Waals surface area contributed by atoms with Crippen LogP contribution in [0.25, 0.3) is 0 Å². The van der Waals surface area contributed by atoms with E-state index < -0.39 is 0 Å². The minimum absolute atomic E-state index is 0.605. The molecule has 0 saturated carbocycles. The minimum Gasteiger partial charge on any atom is -0.497 e. The van der Waals surface area contributed by atoms with E-state index in [1.807, 2.05) is 18.2 Å². The number of nitrogens with zero attached hydrogens (tertiary/aromatic N) is 2. The Morgan fingerprint density at radius 2 is 1.81 bits per heavy atom. The first-order valence-electron chi connectivity index (χ1n) is 9.42. The van der Waals surface area contributed by atoms with Crippen LogP contribution in [0.5, 0.6) is 5.75 Å². The van der Waals surface area contributed by atoms with Crippen molar-refractivity contribution in [3.8, 4) is 5.75 Å². The number of hydrogen-bond donors (Lipinski definition) is 2. The zero-order chi connectivity index (χ0) is 18.9. The maximum atomic E-state index is 5.27. The smallest absolute Gasteiger partial charge is 0.191 e.